The first kappa shape index (κ1) is 13.4. The summed E-state index contributed by atoms with van der Waals surface area (Å²) in [6.07, 6.45) is 2.48. The lowest BCUT2D eigenvalue weighted by atomic mass is 9.83. The molecule has 18 heavy (non-hydrogen) atoms. The van der Waals surface area contributed by atoms with Crippen molar-refractivity contribution in [1.82, 2.24) is 0 Å². The zero-order valence-corrected chi connectivity index (χ0v) is 12.2. The third-order valence-electron chi connectivity index (χ3n) is 4.38. The van der Waals surface area contributed by atoms with Gasteiger partial charge in [-0.3, -0.25) is 0 Å². The minimum absolute atomic E-state index is 0.239. The van der Waals surface area contributed by atoms with Crippen molar-refractivity contribution in [1.29, 1.82) is 0 Å². The van der Waals surface area contributed by atoms with Gasteiger partial charge in [0.1, 0.15) is 0 Å². The molecular weight excluding hydrogens is 220 g/mol. The molecule has 0 aliphatic carbocycles. The summed E-state index contributed by atoms with van der Waals surface area (Å²) >= 11 is 0. The largest absolute Gasteiger partial charge is 0.366 e. The van der Waals surface area contributed by atoms with Crippen LogP contribution in [0.3, 0.4) is 0 Å². The highest BCUT2D eigenvalue weighted by Crippen LogP contribution is 2.37. The van der Waals surface area contributed by atoms with Crippen LogP contribution < -0.4 is 10.6 Å². The summed E-state index contributed by atoms with van der Waals surface area (Å²) < 4.78 is 0. The van der Waals surface area contributed by atoms with Gasteiger partial charge >= 0.3 is 0 Å². The topological polar surface area (TPSA) is 29.3 Å². The molecule has 1 fully saturated rings. The van der Waals surface area contributed by atoms with Crippen LogP contribution in [0.5, 0.6) is 0 Å². The van der Waals surface area contributed by atoms with Crippen LogP contribution in [-0.4, -0.2) is 18.6 Å². The van der Waals surface area contributed by atoms with Crippen LogP contribution in [0.4, 0.5) is 5.69 Å². The highest BCUT2D eigenvalue weighted by atomic mass is 15.2. The van der Waals surface area contributed by atoms with E-state index in [4.69, 9.17) is 5.73 Å². The number of nitrogens with zero attached hydrogens (tertiary/aromatic N) is 1. The molecule has 2 nitrogen and oxygen atoms in total. The van der Waals surface area contributed by atoms with E-state index in [0.717, 1.165) is 13.1 Å². The predicted molar refractivity (Wildman–Crippen MR) is 79.1 cm³/mol. The second-order valence-corrected chi connectivity index (χ2v) is 6.30. The quantitative estimate of drug-likeness (QED) is 0.868. The van der Waals surface area contributed by atoms with Crippen molar-refractivity contribution in [3.63, 3.8) is 0 Å². The maximum atomic E-state index is 5.88. The van der Waals surface area contributed by atoms with Gasteiger partial charge in [0.25, 0.3) is 0 Å². The van der Waals surface area contributed by atoms with E-state index in [1.807, 2.05) is 0 Å². The first-order chi connectivity index (χ1) is 8.45. The predicted octanol–water partition coefficient (Wildman–Crippen LogP) is 3.26. The highest BCUT2D eigenvalue weighted by molar-refractivity contribution is 5.60. The lowest BCUT2D eigenvalue weighted by Crippen LogP contribution is -2.52. The van der Waals surface area contributed by atoms with Gasteiger partial charge in [0.05, 0.1) is 0 Å². The van der Waals surface area contributed by atoms with Crippen LogP contribution in [0.1, 0.15) is 37.8 Å². The van der Waals surface area contributed by atoms with Crippen LogP contribution >= 0.6 is 0 Å². The highest BCUT2D eigenvalue weighted by Gasteiger charge is 2.34. The standard InChI is InChI=1S/C16H26N2/c1-12-6-5-7-13(2)15(12)18-11-14(10-17)8-9-16(18,3)4/h5-7,14H,8-11,17H2,1-4H3. The van der Waals surface area contributed by atoms with Crippen molar-refractivity contribution in [3.05, 3.63) is 29.3 Å². The average molecular weight is 246 g/mol. The number of para-hydroxylation sites is 1. The molecule has 2 rings (SSSR count). The van der Waals surface area contributed by atoms with E-state index in [2.05, 4.69) is 50.8 Å². The second kappa shape index (κ2) is 4.93. The Labute approximate surface area is 111 Å². The fourth-order valence-corrected chi connectivity index (χ4v) is 3.11. The fourth-order valence-electron chi connectivity index (χ4n) is 3.11. The first-order valence-corrected chi connectivity index (χ1v) is 6.99. The summed E-state index contributed by atoms with van der Waals surface area (Å²) in [6, 6.07) is 6.57. The molecule has 2 N–H and O–H groups in total. The Hall–Kier alpha value is -1.02. The molecule has 0 amide bonds. The molecule has 0 radical (unpaired) electrons. The maximum absolute atomic E-state index is 5.88. The lowest BCUT2D eigenvalue weighted by Gasteiger charge is -2.48. The molecule has 0 saturated carbocycles. The average Bonchev–Trinajstić information content (AvgIpc) is 2.31. The molecule has 0 bridgehead atoms. The van der Waals surface area contributed by atoms with Crippen LogP contribution in [0, 0.1) is 19.8 Å². The van der Waals surface area contributed by atoms with Crippen molar-refractivity contribution < 1.29 is 0 Å². The van der Waals surface area contributed by atoms with Gasteiger partial charge in [0.2, 0.25) is 0 Å². The molecule has 100 valence electrons. The van der Waals surface area contributed by atoms with Gasteiger partial charge in [-0.2, -0.15) is 0 Å². The molecule has 2 heteroatoms. The number of anilines is 1. The second-order valence-electron chi connectivity index (χ2n) is 6.30. The van der Waals surface area contributed by atoms with Gasteiger partial charge < -0.3 is 10.6 Å². The molecule has 1 atom stereocenters. The molecule has 0 aromatic heterocycles. The van der Waals surface area contributed by atoms with Crippen molar-refractivity contribution in [3.8, 4) is 0 Å². The monoisotopic (exact) mass is 246 g/mol. The van der Waals surface area contributed by atoms with Gasteiger partial charge in [-0.1, -0.05) is 18.2 Å². The fraction of sp³-hybridized carbons (Fsp3) is 0.625. The smallest absolute Gasteiger partial charge is 0.0430 e. The lowest BCUT2D eigenvalue weighted by molar-refractivity contribution is 0.294. The number of aryl methyl sites for hydroxylation is 2. The zero-order valence-electron chi connectivity index (χ0n) is 12.2. The number of hydrogen-bond acceptors (Lipinski definition) is 2. The Morgan fingerprint density at radius 1 is 1.28 bits per heavy atom. The maximum Gasteiger partial charge on any atom is 0.0430 e. The van der Waals surface area contributed by atoms with Crippen molar-refractivity contribution in [2.24, 2.45) is 11.7 Å². The Kier molecular flexibility index (Phi) is 3.67. The van der Waals surface area contributed by atoms with Crippen LogP contribution in [0.15, 0.2) is 18.2 Å². The summed E-state index contributed by atoms with van der Waals surface area (Å²) in [5.41, 5.74) is 10.3. The molecule has 1 heterocycles. The van der Waals surface area contributed by atoms with E-state index in [0.29, 0.717) is 5.92 Å². The van der Waals surface area contributed by atoms with Gasteiger partial charge in [-0.25, -0.2) is 0 Å². The van der Waals surface area contributed by atoms with Crippen molar-refractivity contribution in [2.75, 3.05) is 18.0 Å². The number of benzene rings is 1. The minimum atomic E-state index is 0.239. The molecule has 1 aromatic rings. The Balaban J connectivity index is 2.39. The molecular formula is C16H26N2. The Morgan fingerprint density at radius 3 is 2.44 bits per heavy atom. The first-order valence-electron chi connectivity index (χ1n) is 6.99. The number of nitrogens with two attached hydrogens (primary N) is 1. The SMILES string of the molecule is Cc1cccc(C)c1N1CC(CN)CCC1(C)C. The summed E-state index contributed by atoms with van der Waals surface area (Å²) in [5, 5.41) is 0. The Morgan fingerprint density at radius 2 is 1.89 bits per heavy atom. The minimum Gasteiger partial charge on any atom is -0.366 e. The van der Waals surface area contributed by atoms with E-state index in [9.17, 15) is 0 Å². The number of hydrogen-bond donors (Lipinski definition) is 1. The van der Waals surface area contributed by atoms with Crippen molar-refractivity contribution >= 4 is 5.69 Å². The van der Waals surface area contributed by atoms with Crippen molar-refractivity contribution in [2.45, 2.75) is 46.1 Å². The van der Waals surface area contributed by atoms with Gasteiger partial charge in [-0.05, 0) is 64.1 Å². The molecule has 0 spiro atoms. The van der Waals surface area contributed by atoms with E-state index in [-0.39, 0.29) is 5.54 Å². The third kappa shape index (κ3) is 2.39. The molecule has 1 unspecified atom stereocenters. The van der Waals surface area contributed by atoms with E-state index in [1.165, 1.54) is 29.7 Å². The molecule has 1 saturated heterocycles. The van der Waals surface area contributed by atoms with Gasteiger partial charge in [0.15, 0.2) is 0 Å². The summed E-state index contributed by atoms with van der Waals surface area (Å²) in [5.74, 6) is 0.636. The number of piperidine rings is 1. The van der Waals surface area contributed by atoms with Gasteiger partial charge in [-0.15, -0.1) is 0 Å². The Bertz CT molecular complexity index is 403. The van der Waals surface area contributed by atoms with Crippen LogP contribution in [0.25, 0.3) is 0 Å². The van der Waals surface area contributed by atoms with E-state index < -0.39 is 0 Å². The summed E-state index contributed by atoms with van der Waals surface area (Å²) in [4.78, 5) is 2.58. The third-order valence-corrected chi connectivity index (χ3v) is 4.38. The van der Waals surface area contributed by atoms with E-state index >= 15 is 0 Å². The number of rotatable bonds is 2. The van der Waals surface area contributed by atoms with Crippen LogP contribution in [0.2, 0.25) is 0 Å². The normalized spacial score (nSPS) is 23.2. The summed E-state index contributed by atoms with van der Waals surface area (Å²) in [7, 11) is 0. The molecule has 1 aliphatic heterocycles. The van der Waals surface area contributed by atoms with Gasteiger partial charge in [0, 0.05) is 17.8 Å². The molecule has 1 aromatic carbocycles. The zero-order chi connectivity index (χ0) is 13.3. The van der Waals surface area contributed by atoms with Crippen LogP contribution in [-0.2, 0) is 0 Å². The summed E-state index contributed by atoms with van der Waals surface area (Å²) in [6.45, 7) is 11.0. The van der Waals surface area contributed by atoms with E-state index in [1.54, 1.807) is 0 Å². The molecule has 1 aliphatic rings.